The summed E-state index contributed by atoms with van der Waals surface area (Å²) in [5.74, 6) is 0.147. The molecular formula is C13H25ClN2O3. The summed E-state index contributed by atoms with van der Waals surface area (Å²) in [4.78, 5) is 14.4. The van der Waals surface area contributed by atoms with Crippen LogP contribution >= 0.6 is 12.4 Å². The zero-order valence-corrected chi connectivity index (χ0v) is 12.8. The third kappa shape index (κ3) is 3.40. The van der Waals surface area contributed by atoms with Gasteiger partial charge in [-0.25, -0.2) is 0 Å². The number of methoxy groups -OCH3 is 1. The van der Waals surface area contributed by atoms with Gasteiger partial charge in [-0.05, 0) is 20.3 Å². The maximum atomic E-state index is 12.1. The largest absolute Gasteiger partial charge is 0.469 e. The second kappa shape index (κ2) is 5.95. The Morgan fingerprint density at radius 1 is 1.58 bits per heavy atom. The van der Waals surface area contributed by atoms with Crippen LogP contribution in [-0.4, -0.2) is 56.4 Å². The van der Waals surface area contributed by atoms with E-state index in [9.17, 15) is 4.79 Å². The molecule has 6 heteroatoms. The van der Waals surface area contributed by atoms with E-state index < -0.39 is 0 Å². The molecule has 0 radical (unpaired) electrons. The molecule has 0 amide bonds. The van der Waals surface area contributed by atoms with Crippen molar-refractivity contribution in [2.45, 2.75) is 25.8 Å². The van der Waals surface area contributed by atoms with E-state index in [4.69, 9.17) is 15.2 Å². The molecule has 2 aliphatic rings. The first-order valence-electron chi connectivity index (χ1n) is 6.55. The minimum absolute atomic E-state index is 0. The van der Waals surface area contributed by atoms with Gasteiger partial charge in [0.25, 0.3) is 0 Å². The molecule has 0 aromatic heterocycles. The topological polar surface area (TPSA) is 64.8 Å². The molecule has 2 aliphatic heterocycles. The van der Waals surface area contributed by atoms with Crippen LogP contribution in [0, 0.1) is 11.3 Å². The number of esters is 1. The van der Waals surface area contributed by atoms with Crippen molar-refractivity contribution in [3.63, 3.8) is 0 Å². The van der Waals surface area contributed by atoms with Crippen molar-refractivity contribution in [2.75, 3.05) is 40.0 Å². The molecule has 112 valence electrons. The van der Waals surface area contributed by atoms with Gasteiger partial charge in [-0.3, -0.25) is 9.69 Å². The molecule has 0 aromatic rings. The average molecular weight is 293 g/mol. The number of hydrogen-bond acceptors (Lipinski definition) is 5. The molecule has 2 atom stereocenters. The van der Waals surface area contributed by atoms with E-state index >= 15 is 0 Å². The molecule has 0 saturated carbocycles. The van der Waals surface area contributed by atoms with Crippen LogP contribution in [0.4, 0.5) is 0 Å². The lowest BCUT2D eigenvalue weighted by atomic mass is 9.74. The summed E-state index contributed by atoms with van der Waals surface area (Å²) in [6, 6.07) is 0. The summed E-state index contributed by atoms with van der Waals surface area (Å²) in [5, 5.41) is 0. The van der Waals surface area contributed by atoms with E-state index in [0.29, 0.717) is 13.2 Å². The standard InChI is InChI=1S/C13H24N2O3.ClH/c1-12(2,14)8-15-6-10-7-18-5-4-13(10,9-15)11(16)17-3;/h10H,4-9,14H2,1-3H3;1H/t10-,13+;/m0./s1. The van der Waals surface area contributed by atoms with Gasteiger partial charge < -0.3 is 15.2 Å². The van der Waals surface area contributed by atoms with E-state index in [1.807, 2.05) is 13.8 Å². The maximum Gasteiger partial charge on any atom is 0.313 e. The Kier molecular flexibility index (Phi) is 5.23. The van der Waals surface area contributed by atoms with Crippen molar-refractivity contribution in [1.29, 1.82) is 0 Å². The van der Waals surface area contributed by atoms with E-state index in [1.165, 1.54) is 7.11 Å². The van der Waals surface area contributed by atoms with Crippen LogP contribution in [0.25, 0.3) is 0 Å². The summed E-state index contributed by atoms with van der Waals surface area (Å²) in [7, 11) is 1.47. The zero-order valence-electron chi connectivity index (χ0n) is 12.0. The predicted molar refractivity (Wildman–Crippen MR) is 75.3 cm³/mol. The number of halogens is 1. The number of ether oxygens (including phenoxy) is 2. The summed E-state index contributed by atoms with van der Waals surface area (Å²) < 4.78 is 10.5. The number of nitrogens with two attached hydrogens (primary N) is 1. The number of nitrogens with zero attached hydrogens (tertiary/aromatic N) is 1. The van der Waals surface area contributed by atoms with Crippen LogP contribution in [0.2, 0.25) is 0 Å². The fraction of sp³-hybridized carbons (Fsp3) is 0.923. The number of carbonyl (C=O) groups excluding carboxylic acids is 1. The van der Waals surface area contributed by atoms with E-state index in [-0.39, 0.29) is 35.2 Å². The van der Waals surface area contributed by atoms with E-state index in [0.717, 1.165) is 26.1 Å². The Balaban J connectivity index is 0.00000180. The van der Waals surface area contributed by atoms with Crippen LogP contribution in [0.1, 0.15) is 20.3 Å². The van der Waals surface area contributed by atoms with Gasteiger partial charge in [0.2, 0.25) is 0 Å². The molecule has 0 unspecified atom stereocenters. The Hall–Kier alpha value is -0.360. The van der Waals surface area contributed by atoms with Crippen molar-refractivity contribution in [1.82, 2.24) is 4.90 Å². The highest BCUT2D eigenvalue weighted by Crippen LogP contribution is 2.43. The summed E-state index contributed by atoms with van der Waals surface area (Å²) in [6.07, 6.45) is 0.756. The predicted octanol–water partition coefficient (Wildman–Crippen LogP) is 0.657. The van der Waals surface area contributed by atoms with Crippen molar-refractivity contribution in [3.8, 4) is 0 Å². The fourth-order valence-corrected chi connectivity index (χ4v) is 3.29. The molecule has 5 nitrogen and oxygen atoms in total. The third-order valence-corrected chi connectivity index (χ3v) is 4.00. The molecule has 2 rings (SSSR count). The van der Waals surface area contributed by atoms with Gasteiger partial charge in [0.1, 0.15) is 0 Å². The van der Waals surface area contributed by atoms with Crippen LogP contribution < -0.4 is 5.73 Å². The van der Waals surface area contributed by atoms with E-state index in [1.54, 1.807) is 0 Å². The van der Waals surface area contributed by atoms with Gasteiger partial charge in [0, 0.05) is 37.7 Å². The molecule has 2 saturated heterocycles. The smallest absolute Gasteiger partial charge is 0.313 e. The molecule has 0 aliphatic carbocycles. The van der Waals surface area contributed by atoms with Crippen molar-refractivity contribution in [3.05, 3.63) is 0 Å². The summed E-state index contributed by atoms with van der Waals surface area (Å²) in [6.45, 7) is 7.72. The molecule has 0 bridgehead atoms. The molecule has 2 fully saturated rings. The Labute approximate surface area is 121 Å². The minimum Gasteiger partial charge on any atom is -0.469 e. The lowest BCUT2D eigenvalue weighted by Gasteiger charge is -2.35. The number of carbonyl (C=O) groups is 1. The van der Waals surface area contributed by atoms with Crippen LogP contribution in [0.3, 0.4) is 0 Å². The van der Waals surface area contributed by atoms with Gasteiger partial charge in [-0.2, -0.15) is 0 Å². The van der Waals surface area contributed by atoms with Crippen LogP contribution in [-0.2, 0) is 14.3 Å². The summed E-state index contributed by atoms with van der Waals surface area (Å²) in [5.41, 5.74) is 5.45. The maximum absolute atomic E-state index is 12.1. The minimum atomic E-state index is -0.377. The molecule has 2 N–H and O–H groups in total. The van der Waals surface area contributed by atoms with Gasteiger partial charge in [0.05, 0.1) is 19.1 Å². The number of likely N-dealkylation sites (tertiary alicyclic amines) is 1. The molecule has 19 heavy (non-hydrogen) atoms. The van der Waals surface area contributed by atoms with Gasteiger partial charge in [0.15, 0.2) is 0 Å². The zero-order chi connectivity index (χ0) is 13.4. The second-order valence-electron chi connectivity index (χ2n) is 6.33. The van der Waals surface area contributed by atoms with Gasteiger partial charge in [-0.15, -0.1) is 12.4 Å². The fourth-order valence-electron chi connectivity index (χ4n) is 3.29. The summed E-state index contributed by atoms with van der Waals surface area (Å²) >= 11 is 0. The molecule has 0 aromatic carbocycles. The number of rotatable bonds is 3. The highest BCUT2D eigenvalue weighted by molar-refractivity contribution is 5.85. The van der Waals surface area contributed by atoms with Crippen molar-refractivity contribution in [2.24, 2.45) is 17.1 Å². The quantitative estimate of drug-likeness (QED) is 0.774. The van der Waals surface area contributed by atoms with Crippen molar-refractivity contribution >= 4 is 18.4 Å². The average Bonchev–Trinajstić information content (AvgIpc) is 2.64. The normalized spacial score (nSPS) is 31.5. The lowest BCUT2D eigenvalue weighted by molar-refractivity contribution is -0.161. The molecule has 2 heterocycles. The first-order valence-corrected chi connectivity index (χ1v) is 6.55. The first kappa shape index (κ1) is 16.7. The van der Waals surface area contributed by atoms with Gasteiger partial charge >= 0.3 is 5.97 Å². The third-order valence-electron chi connectivity index (χ3n) is 4.00. The second-order valence-corrected chi connectivity index (χ2v) is 6.33. The van der Waals surface area contributed by atoms with Crippen LogP contribution in [0.5, 0.6) is 0 Å². The SMILES string of the molecule is COC(=O)[C@@]12CCOC[C@@H]1CN(CC(C)(C)N)C2.Cl. The van der Waals surface area contributed by atoms with Crippen molar-refractivity contribution < 1.29 is 14.3 Å². The Morgan fingerprint density at radius 2 is 2.26 bits per heavy atom. The van der Waals surface area contributed by atoms with Crippen LogP contribution in [0.15, 0.2) is 0 Å². The number of fused-ring (bicyclic) bond motifs is 1. The lowest BCUT2D eigenvalue weighted by Crippen LogP contribution is -2.47. The first-order chi connectivity index (χ1) is 8.37. The molecule has 0 spiro atoms. The van der Waals surface area contributed by atoms with Gasteiger partial charge in [-0.1, -0.05) is 0 Å². The highest BCUT2D eigenvalue weighted by Gasteiger charge is 2.54. The van der Waals surface area contributed by atoms with E-state index in [2.05, 4.69) is 4.90 Å². The monoisotopic (exact) mass is 292 g/mol. The number of hydrogen-bond donors (Lipinski definition) is 1. The Morgan fingerprint density at radius 3 is 2.84 bits per heavy atom. The Bertz CT molecular complexity index is 332. The molecular weight excluding hydrogens is 268 g/mol. The highest BCUT2D eigenvalue weighted by atomic mass is 35.5.